The number of carbonyl (C=O) groups is 1. The minimum atomic E-state index is -1.07. The van der Waals surface area contributed by atoms with Crippen molar-refractivity contribution < 1.29 is 18.3 Å². The summed E-state index contributed by atoms with van der Waals surface area (Å²) in [6.07, 6.45) is 2.78. The van der Waals surface area contributed by atoms with Gasteiger partial charge in [0.1, 0.15) is 5.75 Å². The zero-order valence-corrected chi connectivity index (χ0v) is 8.38. The molecule has 0 heterocycles. The van der Waals surface area contributed by atoms with E-state index in [4.69, 9.17) is 4.74 Å². The Balaban J connectivity index is 3.27. The quantitative estimate of drug-likeness (QED) is 0.568. The maximum atomic E-state index is 12.9. The van der Waals surface area contributed by atoms with E-state index < -0.39 is 17.4 Å². The smallest absolute Gasteiger partial charge is 0.189 e. The van der Waals surface area contributed by atoms with Crippen LogP contribution in [0.1, 0.15) is 17.3 Å². The third-order valence-corrected chi connectivity index (χ3v) is 1.83. The molecule has 0 amide bonds. The van der Waals surface area contributed by atoms with E-state index >= 15 is 0 Å². The van der Waals surface area contributed by atoms with Gasteiger partial charge in [0.05, 0.1) is 12.7 Å². The fourth-order valence-corrected chi connectivity index (χ4v) is 1.13. The molecule has 0 saturated carbocycles. The maximum Gasteiger partial charge on any atom is 0.189 e. The molecule has 0 aliphatic carbocycles. The van der Waals surface area contributed by atoms with Crippen LogP contribution in [0.4, 0.5) is 8.78 Å². The van der Waals surface area contributed by atoms with Crippen LogP contribution in [0.5, 0.6) is 5.75 Å². The molecule has 0 aliphatic rings. The summed E-state index contributed by atoms with van der Waals surface area (Å²) in [7, 11) is 1.29. The second-order valence-electron chi connectivity index (χ2n) is 2.83. The van der Waals surface area contributed by atoms with E-state index in [2.05, 4.69) is 0 Å². The summed E-state index contributed by atoms with van der Waals surface area (Å²) in [5, 5.41) is 0. The molecule has 0 radical (unpaired) electrons. The van der Waals surface area contributed by atoms with E-state index in [1.807, 2.05) is 0 Å². The van der Waals surface area contributed by atoms with Gasteiger partial charge in [-0.3, -0.25) is 4.79 Å². The van der Waals surface area contributed by atoms with Gasteiger partial charge in [0.2, 0.25) is 0 Å². The van der Waals surface area contributed by atoms with Crippen LogP contribution >= 0.6 is 0 Å². The van der Waals surface area contributed by atoms with Gasteiger partial charge >= 0.3 is 0 Å². The lowest BCUT2D eigenvalue weighted by Crippen LogP contribution is -2.01. The Bertz CT molecular complexity index is 411. The highest BCUT2D eigenvalue weighted by atomic mass is 19.2. The van der Waals surface area contributed by atoms with Crippen LogP contribution < -0.4 is 4.74 Å². The van der Waals surface area contributed by atoms with Crippen molar-refractivity contribution in [1.29, 1.82) is 0 Å². The fraction of sp³-hybridized carbons (Fsp3) is 0.182. The summed E-state index contributed by atoms with van der Waals surface area (Å²) < 4.78 is 30.5. The molecule has 4 heteroatoms. The lowest BCUT2D eigenvalue weighted by atomic mass is 10.1. The molecule has 1 aromatic rings. The summed E-state index contributed by atoms with van der Waals surface area (Å²) in [5.41, 5.74) is 0.00880. The highest BCUT2D eigenvalue weighted by molar-refractivity contribution is 6.06. The number of hydrogen-bond acceptors (Lipinski definition) is 2. The van der Waals surface area contributed by atoms with Gasteiger partial charge < -0.3 is 4.74 Å². The molecule has 1 aromatic carbocycles. The average Bonchev–Trinajstić information content (AvgIpc) is 2.21. The third-order valence-electron chi connectivity index (χ3n) is 1.83. The standard InChI is InChI=1S/C11H10F2O2/c1-3-4-10(14)7-5-8(12)9(13)6-11(7)15-2/h3-6H,1-2H3/b4-3+. The topological polar surface area (TPSA) is 26.3 Å². The van der Waals surface area contributed by atoms with Gasteiger partial charge in [-0.2, -0.15) is 0 Å². The van der Waals surface area contributed by atoms with Crippen molar-refractivity contribution in [2.24, 2.45) is 0 Å². The number of benzene rings is 1. The first-order valence-corrected chi connectivity index (χ1v) is 4.30. The minimum Gasteiger partial charge on any atom is -0.496 e. The number of hydrogen-bond donors (Lipinski definition) is 0. The molecule has 0 spiro atoms. The maximum absolute atomic E-state index is 12.9. The van der Waals surface area contributed by atoms with Gasteiger partial charge in [-0.1, -0.05) is 6.08 Å². The zero-order valence-electron chi connectivity index (χ0n) is 8.38. The Hall–Kier alpha value is -1.71. The molecule has 0 saturated heterocycles. The third kappa shape index (κ3) is 2.40. The lowest BCUT2D eigenvalue weighted by molar-refractivity contribution is 0.104. The monoisotopic (exact) mass is 212 g/mol. The Morgan fingerprint density at radius 3 is 2.47 bits per heavy atom. The largest absolute Gasteiger partial charge is 0.496 e. The highest BCUT2D eigenvalue weighted by Gasteiger charge is 2.14. The van der Waals surface area contributed by atoms with Crippen molar-refractivity contribution in [2.45, 2.75) is 6.92 Å². The second-order valence-corrected chi connectivity index (χ2v) is 2.83. The summed E-state index contributed by atoms with van der Waals surface area (Å²) >= 11 is 0. The Labute approximate surface area is 86.2 Å². The first-order chi connectivity index (χ1) is 7.10. The number of ether oxygens (including phenoxy) is 1. The second kappa shape index (κ2) is 4.68. The molecule has 0 unspecified atom stereocenters. The van der Waals surface area contributed by atoms with E-state index in [-0.39, 0.29) is 11.3 Å². The van der Waals surface area contributed by atoms with Crippen LogP contribution in [-0.4, -0.2) is 12.9 Å². The van der Waals surface area contributed by atoms with Crippen LogP contribution in [0.15, 0.2) is 24.3 Å². The van der Waals surface area contributed by atoms with Crippen LogP contribution in [-0.2, 0) is 0 Å². The lowest BCUT2D eigenvalue weighted by Gasteiger charge is -2.06. The number of ketones is 1. The predicted molar refractivity (Wildman–Crippen MR) is 52.1 cm³/mol. The van der Waals surface area contributed by atoms with Crippen LogP contribution in [0.25, 0.3) is 0 Å². The van der Waals surface area contributed by atoms with E-state index in [0.29, 0.717) is 0 Å². The van der Waals surface area contributed by atoms with Gasteiger partial charge in [0, 0.05) is 6.07 Å². The zero-order chi connectivity index (χ0) is 11.4. The van der Waals surface area contributed by atoms with Gasteiger partial charge in [0.25, 0.3) is 0 Å². The Morgan fingerprint density at radius 2 is 1.93 bits per heavy atom. The predicted octanol–water partition coefficient (Wildman–Crippen LogP) is 2.73. The number of allylic oxidation sites excluding steroid dienone is 2. The molecule has 1 rings (SSSR count). The van der Waals surface area contributed by atoms with Crippen LogP contribution in [0, 0.1) is 11.6 Å². The van der Waals surface area contributed by atoms with E-state index in [1.165, 1.54) is 19.3 Å². The molecule has 0 aliphatic heterocycles. The first kappa shape index (κ1) is 11.4. The molecule has 0 bridgehead atoms. The highest BCUT2D eigenvalue weighted by Crippen LogP contribution is 2.22. The van der Waals surface area contributed by atoms with Crippen molar-refractivity contribution in [3.05, 3.63) is 41.5 Å². The molecule has 0 atom stereocenters. The van der Waals surface area contributed by atoms with Crippen LogP contribution in [0.3, 0.4) is 0 Å². The van der Waals surface area contributed by atoms with Crippen molar-refractivity contribution >= 4 is 5.78 Å². The summed E-state index contributed by atoms with van der Waals surface area (Å²) in [6.45, 7) is 1.66. The van der Waals surface area contributed by atoms with Crippen molar-refractivity contribution in [3.63, 3.8) is 0 Å². The molecular weight excluding hydrogens is 202 g/mol. The van der Waals surface area contributed by atoms with E-state index in [9.17, 15) is 13.6 Å². The van der Waals surface area contributed by atoms with Crippen molar-refractivity contribution in [2.75, 3.05) is 7.11 Å². The molecule has 2 nitrogen and oxygen atoms in total. The fourth-order valence-electron chi connectivity index (χ4n) is 1.13. The summed E-state index contributed by atoms with van der Waals surface area (Å²) in [5.74, 6) is -2.50. The average molecular weight is 212 g/mol. The number of methoxy groups -OCH3 is 1. The normalized spacial score (nSPS) is 10.7. The number of carbonyl (C=O) groups excluding carboxylic acids is 1. The summed E-state index contributed by atoms with van der Waals surface area (Å²) in [6, 6.07) is 1.68. The molecule has 80 valence electrons. The van der Waals surface area contributed by atoms with Gasteiger partial charge in [-0.05, 0) is 19.1 Å². The first-order valence-electron chi connectivity index (χ1n) is 4.30. The van der Waals surface area contributed by atoms with E-state index in [0.717, 1.165) is 12.1 Å². The number of rotatable bonds is 3. The van der Waals surface area contributed by atoms with Crippen molar-refractivity contribution in [3.8, 4) is 5.75 Å². The SMILES string of the molecule is C/C=C/C(=O)c1cc(F)c(F)cc1OC. The van der Waals surface area contributed by atoms with Crippen molar-refractivity contribution in [1.82, 2.24) is 0 Å². The van der Waals surface area contributed by atoms with Gasteiger partial charge in [0.15, 0.2) is 17.4 Å². The molecule has 15 heavy (non-hydrogen) atoms. The minimum absolute atomic E-state index is 0.00880. The van der Waals surface area contributed by atoms with Gasteiger partial charge in [-0.15, -0.1) is 0 Å². The molecule has 0 fully saturated rings. The number of halogens is 2. The van der Waals surface area contributed by atoms with Crippen LogP contribution in [0.2, 0.25) is 0 Å². The molecule has 0 N–H and O–H groups in total. The Morgan fingerprint density at radius 1 is 1.33 bits per heavy atom. The summed E-state index contributed by atoms with van der Waals surface area (Å²) in [4.78, 5) is 11.4. The molecule has 0 aromatic heterocycles. The van der Waals surface area contributed by atoms with E-state index in [1.54, 1.807) is 6.92 Å². The van der Waals surface area contributed by atoms with Gasteiger partial charge in [-0.25, -0.2) is 8.78 Å². The Kier molecular flexibility index (Phi) is 3.55. The molecular formula is C11H10F2O2.